The minimum atomic E-state index is -4.49. The van der Waals surface area contributed by atoms with Crippen LogP contribution in [0.4, 0.5) is 19.0 Å². The molecule has 0 spiro atoms. The second-order valence-corrected chi connectivity index (χ2v) is 8.44. The third-order valence-electron chi connectivity index (χ3n) is 6.12. The number of halogens is 3. The number of alkyl halides is 3. The largest absolute Gasteiger partial charge is 0.474 e. The molecule has 0 aliphatic heterocycles. The van der Waals surface area contributed by atoms with Gasteiger partial charge in [0.15, 0.2) is 0 Å². The van der Waals surface area contributed by atoms with Crippen molar-refractivity contribution in [3.63, 3.8) is 0 Å². The molecule has 1 aliphatic rings. The van der Waals surface area contributed by atoms with Crippen molar-refractivity contribution >= 4 is 16.7 Å². The smallest absolute Gasteiger partial charge is 0.433 e. The molecule has 0 radical (unpaired) electrons. The van der Waals surface area contributed by atoms with Crippen LogP contribution in [-0.4, -0.2) is 42.7 Å². The van der Waals surface area contributed by atoms with Gasteiger partial charge in [0.1, 0.15) is 23.3 Å². The molecule has 1 fully saturated rings. The van der Waals surface area contributed by atoms with E-state index >= 15 is 0 Å². The van der Waals surface area contributed by atoms with E-state index in [1.54, 1.807) is 10.9 Å². The summed E-state index contributed by atoms with van der Waals surface area (Å²) < 4.78 is 48.4. The van der Waals surface area contributed by atoms with Gasteiger partial charge in [-0.05, 0) is 31.7 Å². The second-order valence-electron chi connectivity index (χ2n) is 8.44. The highest BCUT2D eigenvalue weighted by molar-refractivity contribution is 5.93. The molecule has 0 atom stereocenters. The molecule has 178 valence electrons. The predicted molar refractivity (Wildman–Crippen MR) is 120 cm³/mol. The van der Waals surface area contributed by atoms with Gasteiger partial charge in [0.2, 0.25) is 5.88 Å². The molecule has 0 amide bonds. The monoisotopic (exact) mass is 471 g/mol. The summed E-state index contributed by atoms with van der Waals surface area (Å²) >= 11 is 0. The van der Waals surface area contributed by atoms with E-state index < -0.39 is 11.9 Å². The van der Waals surface area contributed by atoms with Crippen molar-refractivity contribution in [1.29, 1.82) is 0 Å². The zero-order valence-electron chi connectivity index (χ0n) is 18.8. The van der Waals surface area contributed by atoms with Crippen LogP contribution < -0.4 is 10.1 Å². The molecular formula is C23H24F3N7O. The molecule has 1 saturated carbocycles. The summed E-state index contributed by atoms with van der Waals surface area (Å²) in [6.07, 6.45) is 3.78. The topological polar surface area (TPSA) is 82.7 Å². The van der Waals surface area contributed by atoms with E-state index in [4.69, 9.17) is 9.84 Å². The van der Waals surface area contributed by atoms with E-state index in [-0.39, 0.29) is 18.0 Å². The van der Waals surface area contributed by atoms with Crippen LogP contribution in [0.3, 0.4) is 0 Å². The lowest BCUT2D eigenvalue weighted by Gasteiger charge is -2.29. The number of hydrogen-bond acceptors (Lipinski definition) is 6. The number of nitrogens with one attached hydrogen (secondary N) is 1. The first-order valence-corrected chi connectivity index (χ1v) is 11.1. The van der Waals surface area contributed by atoms with Crippen LogP contribution in [0.1, 0.15) is 37.4 Å². The maximum atomic E-state index is 13.0. The molecule has 11 heteroatoms. The highest BCUT2D eigenvalue weighted by atomic mass is 19.4. The van der Waals surface area contributed by atoms with Crippen LogP contribution >= 0.6 is 0 Å². The number of ether oxygens (including phenoxy) is 1. The van der Waals surface area contributed by atoms with Crippen molar-refractivity contribution in [3.8, 4) is 17.1 Å². The summed E-state index contributed by atoms with van der Waals surface area (Å²) in [5.74, 6) is 0.755. The number of pyridine rings is 2. The maximum absolute atomic E-state index is 13.0. The average Bonchev–Trinajstić information content (AvgIpc) is 3.42. The van der Waals surface area contributed by atoms with Gasteiger partial charge in [-0.25, -0.2) is 9.97 Å². The van der Waals surface area contributed by atoms with Crippen molar-refractivity contribution in [2.24, 2.45) is 7.05 Å². The summed E-state index contributed by atoms with van der Waals surface area (Å²) in [6.45, 7) is 0. The predicted octanol–water partition coefficient (Wildman–Crippen LogP) is 4.85. The summed E-state index contributed by atoms with van der Waals surface area (Å²) in [5.41, 5.74) is 1.77. The quantitative estimate of drug-likeness (QED) is 0.448. The van der Waals surface area contributed by atoms with Crippen LogP contribution in [-0.2, 0) is 13.2 Å². The van der Waals surface area contributed by atoms with E-state index in [9.17, 15) is 13.2 Å². The fourth-order valence-corrected chi connectivity index (χ4v) is 4.42. The maximum Gasteiger partial charge on any atom is 0.433 e. The van der Waals surface area contributed by atoms with Gasteiger partial charge in [-0.15, -0.1) is 0 Å². The second kappa shape index (κ2) is 8.62. The Morgan fingerprint density at radius 1 is 1.12 bits per heavy atom. The minimum Gasteiger partial charge on any atom is -0.474 e. The lowest BCUT2D eigenvalue weighted by molar-refractivity contribution is -0.141. The van der Waals surface area contributed by atoms with Crippen molar-refractivity contribution in [3.05, 3.63) is 48.5 Å². The summed E-state index contributed by atoms with van der Waals surface area (Å²) in [7, 11) is 3.68. The van der Waals surface area contributed by atoms with E-state index in [0.717, 1.165) is 46.9 Å². The number of nitrogens with zero attached hydrogens (tertiary/aromatic N) is 6. The molecule has 4 aromatic rings. The van der Waals surface area contributed by atoms with Gasteiger partial charge in [0.25, 0.3) is 0 Å². The Kier molecular flexibility index (Phi) is 5.62. The zero-order chi connectivity index (χ0) is 23.9. The van der Waals surface area contributed by atoms with Gasteiger partial charge in [-0.1, -0.05) is 6.07 Å². The summed E-state index contributed by atoms with van der Waals surface area (Å²) in [4.78, 5) is 8.09. The van der Waals surface area contributed by atoms with Crippen LogP contribution in [0.2, 0.25) is 0 Å². The molecule has 0 saturated heterocycles. The van der Waals surface area contributed by atoms with Crippen molar-refractivity contribution in [1.82, 2.24) is 29.5 Å². The Bertz CT molecular complexity index is 1310. The Labute approximate surface area is 193 Å². The van der Waals surface area contributed by atoms with E-state index in [1.807, 2.05) is 37.2 Å². The first kappa shape index (κ1) is 22.2. The van der Waals surface area contributed by atoms with Gasteiger partial charge < -0.3 is 10.1 Å². The summed E-state index contributed by atoms with van der Waals surface area (Å²) in [6, 6.07) is 5.85. The number of aryl methyl sites for hydroxylation is 1. The summed E-state index contributed by atoms with van der Waals surface area (Å²) in [5, 5.41) is 13.2. The Hall–Kier alpha value is -3.63. The molecule has 0 bridgehead atoms. The van der Waals surface area contributed by atoms with Crippen molar-refractivity contribution in [2.75, 3.05) is 12.4 Å². The number of hydrogen-bond donors (Lipinski definition) is 1. The molecule has 5 rings (SSSR count). The zero-order valence-corrected chi connectivity index (χ0v) is 18.8. The molecular weight excluding hydrogens is 447 g/mol. The van der Waals surface area contributed by atoms with Gasteiger partial charge in [-0.3, -0.25) is 9.36 Å². The fourth-order valence-electron chi connectivity index (χ4n) is 4.42. The molecule has 0 aromatic carbocycles. The van der Waals surface area contributed by atoms with Gasteiger partial charge >= 0.3 is 6.18 Å². The third kappa shape index (κ3) is 4.29. The fraction of sp³-hybridized carbons (Fsp3) is 0.391. The standard InChI is InChI=1S/C23H24F3N7O/c1-27-20-10-18-17(12-28-20)22(14-11-29-32(2)13-14)31-33(18)15-6-8-16(9-7-15)34-21-5-3-4-19(30-21)23(24,25)26/h3-5,10-13,15-16H,6-9H2,1-2H3,(H,27,28). The van der Waals surface area contributed by atoms with Crippen molar-refractivity contribution < 1.29 is 17.9 Å². The van der Waals surface area contributed by atoms with Crippen LogP contribution in [0.25, 0.3) is 22.2 Å². The Morgan fingerprint density at radius 3 is 2.59 bits per heavy atom. The Morgan fingerprint density at radius 2 is 1.91 bits per heavy atom. The van der Waals surface area contributed by atoms with Gasteiger partial charge in [-0.2, -0.15) is 23.4 Å². The Balaban J connectivity index is 1.37. The third-order valence-corrected chi connectivity index (χ3v) is 6.12. The lowest BCUT2D eigenvalue weighted by Crippen LogP contribution is -2.26. The van der Waals surface area contributed by atoms with E-state index in [1.165, 1.54) is 12.1 Å². The molecule has 1 aliphatic carbocycles. The van der Waals surface area contributed by atoms with E-state index in [2.05, 4.69) is 20.4 Å². The SMILES string of the molecule is CNc1cc2c(cn1)c(-c1cnn(C)c1)nn2C1CCC(Oc2cccc(C(F)(F)F)n2)CC1. The first-order chi connectivity index (χ1) is 16.3. The number of aromatic nitrogens is 6. The normalized spacial score (nSPS) is 18.9. The molecule has 4 heterocycles. The highest BCUT2D eigenvalue weighted by Gasteiger charge is 2.33. The number of anilines is 1. The van der Waals surface area contributed by atoms with Crippen LogP contribution in [0.5, 0.6) is 5.88 Å². The average molecular weight is 471 g/mol. The molecule has 0 unspecified atom stereocenters. The number of rotatable bonds is 5. The van der Waals surface area contributed by atoms with Gasteiger partial charge in [0.05, 0.1) is 17.8 Å². The minimum absolute atomic E-state index is 0.00594. The molecule has 4 aromatic heterocycles. The van der Waals surface area contributed by atoms with Crippen molar-refractivity contribution in [2.45, 2.75) is 44.0 Å². The van der Waals surface area contributed by atoms with E-state index in [0.29, 0.717) is 12.8 Å². The van der Waals surface area contributed by atoms with Crippen LogP contribution in [0, 0.1) is 0 Å². The van der Waals surface area contributed by atoms with Gasteiger partial charge in [0, 0.05) is 49.6 Å². The number of fused-ring (bicyclic) bond motifs is 1. The molecule has 34 heavy (non-hydrogen) atoms. The molecule has 8 nitrogen and oxygen atoms in total. The highest BCUT2D eigenvalue weighted by Crippen LogP contribution is 2.36. The van der Waals surface area contributed by atoms with Crippen LogP contribution in [0.15, 0.2) is 42.9 Å². The lowest BCUT2D eigenvalue weighted by atomic mass is 9.93. The molecule has 1 N–H and O–H groups in total. The first-order valence-electron chi connectivity index (χ1n) is 11.1.